The van der Waals surface area contributed by atoms with Crippen LogP contribution in [-0.4, -0.2) is 22.5 Å². The number of benzene rings is 5. The molecule has 2 amide bonds. The molecule has 7 N–H and O–H groups in total. The number of amides is 2. The van der Waals surface area contributed by atoms with E-state index in [4.69, 9.17) is 21.4 Å². The number of rotatable bonds is 16. The molecule has 0 saturated heterocycles. The second kappa shape index (κ2) is 19.5. The Labute approximate surface area is 358 Å². The van der Waals surface area contributed by atoms with Gasteiger partial charge in [-0.15, -0.1) is 4.57 Å². The zero-order chi connectivity index (χ0) is 42.9. The third-order valence-corrected chi connectivity index (χ3v) is 11.3. The van der Waals surface area contributed by atoms with Crippen LogP contribution in [0.4, 0.5) is 34.1 Å². The predicted molar refractivity (Wildman–Crippen MR) is 252 cm³/mol. The standard InChI is InChI=1S/C51H56N8O2/c1-33-27-44(45(30-40(33)52)54-37-18-12-10-13-19-37)55-38-24-25-42(35(3)26-38)57-50(60)22-16-8-6-5-7-9-17-23-51(61)58-43-32-49-47(29-36(43)4)56-46-28-34(2)41(53)31-48(46)59(49)39-20-14-11-15-21-39/h10-15,18-21,25-32,54H,5-9,16-17,22-24,52H2,1-4H3,(H3,53,57,58,60,61)/p+1. The van der Waals surface area contributed by atoms with Crippen molar-refractivity contribution in [1.82, 2.24) is 10.3 Å². The van der Waals surface area contributed by atoms with E-state index >= 15 is 0 Å². The fourth-order valence-corrected chi connectivity index (χ4v) is 7.76. The van der Waals surface area contributed by atoms with Crippen molar-refractivity contribution < 1.29 is 14.2 Å². The molecule has 5 aromatic carbocycles. The molecule has 0 unspecified atom stereocenters. The first-order chi connectivity index (χ1) is 29.5. The summed E-state index contributed by atoms with van der Waals surface area (Å²) in [7, 11) is 0. The van der Waals surface area contributed by atoms with Crippen molar-refractivity contribution in [3.05, 3.63) is 137 Å². The van der Waals surface area contributed by atoms with E-state index in [9.17, 15) is 9.59 Å². The van der Waals surface area contributed by atoms with Gasteiger partial charge in [0.15, 0.2) is 0 Å². The number of anilines is 5. The van der Waals surface area contributed by atoms with Crippen LogP contribution >= 0.6 is 0 Å². The highest BCUT2D eigenvalue weighted by molar-refractivity contribution is 6.01. The fraction of sp³-hybridized carbons (Fsp3) is 0.275. The number of aliphatic imine (C=N–C) groups is 1. The van der Waals surface area contributed by atoms with Gasteiger partial charge < -0.3 is 27.4 Å². The molecule has 1 heterocycles. The number of nitrogens with one attached hydrogen (secondary N) is 3. The van der Waals surface area contributed by atoms with Crippen molar-refractivity contribution in [3.8, 4) is 5.69 Å². The van der Waals surface area contributed by atoms with Gasteiger partial charge in [-0.05, 0) is 105 Å². The number of hydrogen-bond donors (Lipinski definition) is 5. The SMILES string of the molecule is CC1=CC(=Nc2cc(C)c(N)cc2Nc2ccccc2)CC=C1NC(=O)CCCCCCCCCC(=O)Nc1cc2c(cc1C)nc1cc(C)c(N)cc1[n+]2-c1ccccc1. The minimum Gasteiger partial charge on any atom is -0.398 e. The first kappa shape index (κ1) is 42.3. The molecule has 10 heteroatoms. The molecule has 1 aliphatic carbocycles. The number of allylic oxidation sites excluding steroid dienone is 3. The van der Waals surface area contributed by atoms with Crippen molar-refractivity contribution in [2.45, 2.75) is 91.9 Å². The van der Waals surface area contributed by atoms with E-state index in [0.29, 0.717) is 30.6 Å². The number of aryl methyl sites for hydroxylation is 3. The molecule has 7 rings (SSSR count). The number of aromatic nitrogens is 2. The number of unbranched alkanes of at least 4 members (excludes halogenated alkanes) is 6. The molecule has 1 aromatic heterocycles. The Bertz CT molecular complexity index is 2670. The van der Waals surface area contributed by atoms with E-state index in [1.54, 1.807) is 0 Å². The highest BCUT2D eigenvalue weighted by Crippen LogP contribution is 2.34. The first-order valence-corrected chi connectivity index (χ1v) is 21.4. The van der Waals surface area contributed by atoms with Crippen molar-refractivity contribution in [3.63, 3.8) is 0 Å². The normalized spacial score (nSPS) is 13.3. The Morgan fingerprint density at radius 2 is 1.23 bits per heavy atom. The molecule has 0 aliphatic heterocycles. The molecule has 6 aromatic rings. The quantitative estimate of drug-likeness (QED) is 0.0284. The van der Waals surface area contributed by atoms with Crippen LogP contribution in [0.3, 0.4) is 0 Å². The molecule has 0 radical (unpaired) electrons. The number of nitrogens with two attached hydrogens (primary N) is 2. The number of nitrogen functional groups attached to an aromatic ring is 2. The van der Waals surface area contributed by atoms with Crippen LogP contribution in [0.25, 0.3) is 27.8 Å². The van der Waals surface area contributed by atoms with Crippen LogP contribution < -0.4 is 32.0 Å². The van der Waals surface area contributed by atoms with Crippen LogP contribution in [0.5, 0.6) is 0 Å². The van der Waals surface area contributed by atoms with Crippen LogP contribution in [-0.2, 0) is 9.59 Å². The minimum atomic E-state index is 0.0113. The average Bonchev–Trinajstić information content (AvgIpc) is 3.24. The van der Waals surface area contributed by atoms with Crippen LogP contribution in [0.1, 0.15) is 87.8 Å². The summed E-state index contributed by atoms with van der Waals surface area (Å²) in [6.45, 7) is 7.99. The highest BCUT2D eigenvalue weighted by atomic mass is 16.2. The lowest BCUT2D eigenvalue weighted by Gasteiger charge is -2.17. The largest absolute Gasteiger partial charge is 0.398 e. The van der Waals surface area contributed by atoms with E-state index in [1.807, 2.05) is 125 Å². The molecule has 10 nitrogen and oxygen atoms in total. The number of carbonyl (C=O) groups is 2. The van der Waals surface area contributed by atoms with Gasteiger partial charge in [0, 0.05) is 72.0 Å². The van der Waals surface area contributed by atoms with Gasteiger partial charge in [-0.3, -0.25) is 14.6 Å². The zero-order valence-electron chi connectivity index (χ0n) is 35.8. The summed E-state index contributed by atoms with van der Waals surface area (Å²) in [5, 5.41) is 9.74. The maximum atomic E-state index is 13.1. The molecule has 0 atom stereocenters. The van der Waals surface area contributed by atoms with Gasteiger partial charge >= 0.3 is 0 Å². The van der Waals surface area contributed by atoms with Crippen molar-refractivity contribution in [1.29, 1.82) is 0 Å². The molecule has 1 aliphatic rings. The monoisotopic (exact) mass is 813 g/mol. The molecule has 0 spiro atoms. The highest BCUT2D eigenvalue weighted by Gasteiger charge is 2.22. The smallest absolute Gasteiger partial charge is 0.239 e. The Morgan fingerprint density at radius 3 is 1.90 bits per heavy atom. The second-order valence-corrected chi connectivity index (χ2v) is 16.2. The van der Waals surface area contributed by atoms with Gasteiger partial charge in [0.1, 0.15) is 11.0 Å². The lowest BCUT2D eigenvalue weighted by Crippen LogP contribution is -2.33. The van der Waals surface area contributed by atoms with Gasteiger partial charge in [-0.2, -0.15) is 0 Å². The summed E-state index contributed by atoms with van der Waals surface area (Å²) in [6, 6.07) is 32.1. The van der Waals surface area contributed by atoms with Crippen molar-refractivity contribution in [2.24, 2.45) is 4.99 Å². The summed E-state index contributed by atoms with van der Waals surface area (Å²) in [5.74, 6) is 0.0482. The van der Waals surface area contributed by atoms with Gasteiger partial charge in [-0.1, -0.05) is 74.6 Å². The van der Waals surface area contributed by atoms with Gasteiger partial charge in [-0.25, -0.2) is 4.98 Å². The molecular weight excluding hydrogens is 757 g/mol. The van der Waals surface area contributed by atoms with E-state index in [-0.39, 0.29) is 11.8 Å². The van der Waals surface area contributed by atoms with Gasteiger partial charge in [0.05, 0.1) is 17.1 Å². The summed E-state index contributed by atoms with van der Waals surface area (Å²) in [5.41, 5.74) is 27.6. The van der Waals surface area contributed by atoms with Crippen LogP contribution in [0.15, 0.2) is 125 Å². The maximum absolute atomic E-state index is 13.1. The Balaban J connectivity index is 0.828. The summed E-state index contributed by atoms with van der Waals surface area (Å²) >= 11 is 0. The number of carbonyl (C=O) groups excluding carboxylic acids is 2. The van der Waals surface area contributed by atoms with Crippen LogP contribution in [0, 0.1) is 20.8 Å². The summed E-state index contributed by atoms with van der Waals surface area (Å²) in [6.07, 6.45) is 12.5. The molecule has 312 valence electrons. The Hall–Kier alpha value is -6.81. The minimum absolute atomic E-state index is 0.0113. The van der Waals surface area contributed by atoms with Gasteiger partial charge in [0.25, 0.3) is 0 Å². The lowest BCUT2D eigenvalue weighted by molar-refractivity contribution is -0.538. The van der Waals surface area contributed by atoms with E-state index < -0.39 is 0 Å². The number of nitrogens with zero attached hydrogens (tertiary/aromatic N) is 3. The van der Waals surface area contributed by atoms with E-state index in [1.165, 1.54) is 0 Å². The second-order valence-electron chi connectivity index (χ2n) is 16.2. The van der Waals surface area contributed by atoms with Crippen LogP contribution in [0.2, 0.25) is 0 Å². The molecule has 0 bridgehead atoms. The van der Waals surface area contributed by atoms with E-state index in [2.05, 4.69) is 32.7 Å². The maximum Gasteiger partial charge on any atom is 0.239 e. The molecule has 0 fully saturated rings. The van der Waals surface area contributed by atoms with Crippen molar-refractivity contribution in [2.75, 3.05) is 22.1 Å². The predicted octanol–water partition coefficient (Wildman–Crippen LogP) is 11.1. The lowest BCUT2D eigenvalue weighted by atomic mass is 10.0. The van der Waals surface area contributed by atoms with E-state index in [0.717, 1.165) is 129 Å². The number of para-hydroxylation sites is 2. The summed E-state index contributed by atoms with van der Waals surface area (Å²) in [4.78, 5) is 35.9. The van der Waals surface area contributed by atoms with Crippen molar-refractivity contribution >= 4 is 73.7 Å². The molecule has 0 saturated carbocycles. The van der Waals surface area contributed by atoms with Gasteiger partial charge in [0.2, 0.25) is 28.5 Å². The third kappa shape index (κ3) is 10.7. The summed E-state index contributed by atoms with van der Waals surface area (Å²) < 4.78 is 2.16. The molecule has 61 heavy (non-hydrogen) atoms. The Morgan fingerprint density at radius 1 is 0.656 bits per heavy atom. The first-order valence-electron chi connectivity index (χ1n) is 21.4. The fourth-order valence-electron chi connectivity index (χ4n) is 7.76. The number of hydrogen-bond acceptors (Lipinski definition) is 7. The third-order valence-electron chi connectivity index (χ3n) is 11.3. The topological polar surface area (TPSA) is 151 Å². The molecular formula is C51H57N8O2+. The Kier molecular flexibility index (Phi) is 13.5. The zero-order valence-corrected chi connectivity index (χ0v) is 35.8. The average molecular weight is 814 g/mol. The number of fused-ring (bicyclic) bond motifs is 2.